The van der Waals surface area contributed by atoms with Crippen LogP contribution in [0.4, 0.5) is 0 Å². The van der Waals surface area contributed by atoms with Crippen molar-refractivity contribution in [2.75, 3.05) is 0 Å². The van der Waals surface area contributed by atoms with Gasteiger partial charge >= 0.3 is 0 Å². The lowest BCUT2D eigenvalue weighted by Crippen LogP contribution is -1.92. The summed E-state index contributed by atoms with van der Waals surface area (Å²) in [5, 5.41) is 0. The summed E-state index contributed by atoms with van der Waals surface area (Å²) in [5.74, 6) is 1.96. The molecule has 0 N–H and O–H groups in total. The zero-order valence-electron chi connectivity index (χ0n) is 15.0. The summed E-state index contributed by atoms with van der Waals surface area (Å²) in [5.41, 5.74) is 4.66. The molecule has 0 atom stereocenters. The maximum Gasteiger partial charge on any atom is 0.185 e. The van der Waals surface area contributed by atoms with E-state index in [1.54, 1.807) is 12.2 Å². The lowest BCUT2D eigenvalue weighted by atomic mass is 9.98. The van der Waals surface area contributed by atoms with E-state index in [9.17, 15) is 9.59 Å². The van der Waals surface area contributed by atoms with E-state index in [0.29, 0.717) is 17.6 Å². The van der Waals surface area contributed by atoms with E-state index in [0.717, 1.165) is 17.5 Å². The van der Waals surface area contributed by atoms with Gasteiger partial charge in [0, 0.05) is 17.6 Å². The minimum Gasteiger partial charge on any atom is -0.289 e. The predicted molar refractivity (Wildman–Crippen MR) is 111 cm³/mol. The molecule has 1 aliphatic rings. The molecule has 0 heterocycles. The van der Waals surface area contributed by atoms with Crippen molar-refractivity contribution in [3.05, 3.63) is 113 Å². The first-order valence-corrected chi connectivity index (χ1v) is 8.89. The third-order valence-electron chi connectivity index (χ3n) is 4.29. The second-order valence-corrected chi connectivity index (χ2v) is 6.32. The quantitative estimate of drug-likeness (QED) is 0.383. The molecule has 27 heavy (non-hydrogen) atoms. The summed E-state index contributed by atoms with van der Waals surface area (Å²) in [4.78, 5) is 22.8. The number of hydrogen-bond acceptors (Lipinski definition) is 2. The molecule has 0 fully saturated rings. The fourth-order valence-corrected chi connectivity index (χ4v) is 2.81. The number of allylic oxidation sites excluding steroid dienone is 7. The Hall–Kier alpha value is -3.48. The van der Waals surface area contributed by atoms with E-state index in [-0.39, 0.29) is 5.78 Å². The van der Waals surface area contributed by atoms with Gasteiger partial charge in [-0.3, -0.25) is 4.79 Å². The molecule has 1 aliphatic carbocycles. The van der Waals surface area contributed by atoms with E-state index in [1.165, 1.54) is 5.57 Å². The molecule has 2 aromatic rings. The SMILES string of the molecule is O=C=C1C=CC=C(CC=Cc2ccc(C=CC(=O)c3ccccc3)cc2)C1. The normalized spacial score (nSPS) is 13.8. The Morgan fingerprint density at radius 3 is 2.37 bits per heavy atom. The average Bonchev–Trinajstić information content (AvgIpc) is 2.74. The average molecular weight is 352 g/mol. The molecule has 0 unspecified atom stereocenters. The van der Waals surface area contributed by atoms with Crippen LogP contribution in [-0.4, -0.2) is 11.7 Å². The van der Waals surface area contributed by atoms with Gasteiger partial charge in [0.1, 0.15) is 5.94 Å². The highest BCUT2D eigenvalue weighted by Crippen LogP contribution is 2.19. The first kappa shape index (κ1) is 18.3. The smallest absolute Gasteiger partial charge is 0.185 e. The van der Waals surface area contributed by atoms with Crippen LogP contribution in [0.25, 0.3) is 12.2 Å². The standard InChI is InChI=1S/C25H20O2/c26-19-23-9-5-8-22(18-23)7-4-6-20-12-14-21(15-13-20)16-17-25(27)24-10-2-1-3-11-24/h1-6,8-17H,7,18H2. The van der Waals surface area contributed by atoms with Crippen molar-refractivity contribution in [2.45, 2.75) is 12.8 Å². The molecule has 2 nitrogen and oxygen atoms in total. The van der Waals surface area contributed by atoms with Crippen LogP contribution < -0.4 is 0 Å². The van der Waals surface area contributed by atoms with Gasteiger partial charge in [0.25, 0.3) is 0 Å². The monoisotopic (exact) mass is 352 g/mol. The zero-order valence-corrected chi connectivity index (χ0v) is 15.0. The third kappa shape index (κ3) is 5.50. The highest BCUT2D eigenvalue weighted by atomic mass is 16.1. The van der Waals surface area contributed by atoms with Gasteiger partial charge < -0.3 is 0 Å². The van der Waals surface area contributed by atoms with Crippen LogP contribution in [0.2, 0.25) is 0 Å². The van der Waals surface area contributed by atoms with Gasteiger partial charge in [-0.1, -0.05) is 90.6 Å². The van der Waals surface area contributed by atoms with E-state index >= 15 is 0 Å². The van der Waals surface area contributed by atoms with Crippen molar-refractivity contribution in [1.29, 1.82) is 0 Å². The van der Waals surface area contributed by atoms with Gasteiger partial charge in [0.15, 0.2) is 5.78 Å². The molecule has 3 rings (SSSR count). The van der Waals surface area contributed by atoms with Crippen molar-refractivity contribution in [1.82, 2.24) is 0 Å². The van der Waals surface area contributed by atoms with Crippen molar-refractivity contribution in [3.63, 3.8) is 0 Å². The summed E-state index contributed by atoms with van der Waals surface area (Å²) in [6.45, 7) is 0. The molecule has 0 aliphatic heterocycles. The summed E-state index contributed by atoms with van der Waals surface area (Å²) >= 11 is 0. The topological polar surface area (TPSA) is 34.1 Å². The summed E-state index contributed by atoms with van der Waals surface area (Å²) < 4.78 is 0. The first-order chi connectivity index (χ1) is 13.2. The molecule has 2 heteroatoms. The Balaban J connectivity index is 1.56. The summed E-state index contributed by atoms with van der Waals surface area (Å²) in [6.07, 6.45) is 14.8. The van der Waals surface area contributed by atoms with Crippen LogP contribution in [0.5, 0.6) is 0 Å². The Morgan fingerprint density at radius 1 is 0.963 bits per heavy atom. The van der Waals surface area contributed by atoms with E-state index in [1.807, 2.05) is 78.8 Å². The fraction of sp³-hybridized carbons (Fsp3) is 0.0800. The number of ketones is 1. The maximum atomic E-state index is 12.1. The lowest BCUT2D eigenvalue weighted by Gasteiger charge is -2.06. The number of rotatable bonds is 6. The molecular formula is C25H20O2. The predicted octanol–water partition coefficient (Wildman–Crippen LogP) is 5.63. The van der Waals surface area contributed by atoms with Crippen LogP contribution in [0.1, 0.15) is 34.3 Å². The summed E-state index contributed by atoms with van der Waals surface area (Å²) in [7, 11) is 0. The minimum atomic E-state index is -0.00174. The van der Waals surface area contributed by atoms with Crippen LogP contribution in [0, 0.1) is 0 Å². The molecule has 0 amide bonds. The van der Waals surface area contributed by atoms with Gasteiger partial charge in [-0.25, -0.2) is 4.79 Å². The van der Waals surface area contributed by atoms with E-state index in [4.69, 9.17) is 0 Å². The Bertz CT molecular complexity index is 965. The molecule has 0 spiro atoms. The molecule has 0 saturated carbocycles. The molecular weight excluding hydrogens is 332 g/mol. The van der Waals surface area contributed by atoms with E-state index < -0.39 is 0 Å². The minimum absolute atomic E-state index is 0.00174. The number of carbonyl (C=O) groups excluding carboxylic acids is 2. The highest BCUT2D eigenvalue weighted by molar-refractivity contribution is 6.06. The molecule has 0 aromatic heterocycles. The fourth-order valence-electron chi connectivity index (χ4n) is 2.81. The Morgan fingerprint density at radius 2 is 1.67 bits per heavy atom. The molecule has 0 saturated heterocycles. The Labute approximate surface area is 159 Å². The van der Waals surface area contributed by atoms with Crippen LogP contribution in [0.15, 0.2) is 96.1 Å². The van der Waals surface area contributed by atoms with E-state index in [2.05, 4.69) is 12.2 Å². The van der Waals surface area contributed by atoms with Gasteiger partial charge in [-0.15, -0.1) is 0 Å². The molecule has 2 aromatic carbocycles. The van der Waals surface area contributed by atoms with Crippen molar-refractivity contribution in [2.24, 2.45) is 0 Å². The van der Waals surface area contributed by atoms with Crippen LogP contribution in [-0.2, 0) is 4.79 Å². The number of benzene rings is 2. The second kappa shape index (κ2) is 9.28. The highest BCUT2D eigenvalue weighted by Gasteiger charge is 2.03. The van der Waals surface area contributed by atoms with Crippen molar-refractivity contribution >= 4 is 23.9 Å². The second-order valence-electron chi connectivity index (χ2n) is 6.32. The molecule has 0 bridgehead atoms. The summed E-state index contributed by atoms with van der Waals surface area (Å²) in [6, 6.07) is 17.3. The van der Waals surface area contributed by atoms with Gasteiger partial charge in [0.05, 0.1) is 0 Å². The van der Waals surface area contributed by atoms with Crippen molar-refractivity contribution < 1.29 is 9.59 Å². The van der Waals surface area contributed by atoms with Gasteiger partial charge in [-0.2, -0.15) is 0 Å². The Kier molecular flexibility index (Phi) is 6.30. The third-order valence-corrected chi connectivity index (χ3v) is 4.29. The first-order valence-electron chi connectivity index (χ1n) is 8.89. The zero-order chi connectivity index (χ0) is 18.9. The van der Waals surface area contributed by atoms with Crippen LogP contribution in [0.3, 0.4) is 0 Å². The number of hydrogen-bond donors (Lipinski definition) is 0. The van der Waals surface area contributed by atoms with Crippen LogP contribution >= 0.6 is 0 Å². The van der Waals surface area contributed by atoms with Gasteiger partial charge in [0.2, 0.25) is 0 Å². The largest absolute Gasteiger partial charge is 0.289 e. The van der Waals surface area contributed by atoms with Crippen molar-refractivity contribution in [3.8, 4) is 0 Å². The lowest BCUT2D eigenvalue weighted by molar-refractivity contribution is 0.104. The maximum absolute atomic E-state index is 12.1. The number of carbonyl (C=O) groups is 1. The molecule has 0 radical (unpaired) electrons. The van der Waals surface area contributed by atoms with Gasteiger partial charge in [-0.05, 0) is 29.7 Å². The molecule has 132 valence electrons.